The summed E-state index contributed by atoms with van der Waals surface area (Å²) in [5, 5.41) is 7.72. The van der Waals surface area contributed by atoms with Gasteiger partial charge in [0.2, 0.25) is 0 Å². The summed E-state index contributed by atoms with van der Waals surface area (Å²) < 4.78 is 7.31. The normalized spacial score (nSPS) is 10.6. The molecule has 0 aliphatic carbocycles. The Balaban J connectivity index is 2.17. The van der Waals surface area contributed by atoms with Crippen LogP contribution in [-0.4, -0.2) is 30.0 Å². The number of anilines is 1. The summed E-state index contributed by atoms with van der Waals surface area (Å²) >= 11 is 0. The standard InChI is InChI=1S/C15H22N4O/c1-19-14(13(11-18-19)17-9-5-8-16)10-12-6-3-4-7-15(12)20-2/h3-4,6-7,11,17H,5,8-10,16H2,1-2H3. The van der Waals surface area contributed by atoms with E-state index in [0.717, 1.165) is 42.1 Å². The van der Waals surface area contributed by atoms with Crippen LogP contribution in [0.1, 0.15) is 17.7 Å². The Bertz CT molecular complexity index is 551. The number of nitrogens with zero attached hydrogens (tertiary/aromatic N) is 2. The number of nitrogens with one attached hydrogen (secondary N) is 1. The van der Waals surface area contributed by atoms with Crippen LogP contribution < -0.4 is 15.8 Å². The number of hydrogen-bond donors (Lipinski definition) is 2. The fourth-order valence-electron chi connectivity index (χ4n) is 2.17. The molecule has 1 aromatic heterocycles. The molecule has 5 nitrogen and oxygen atoms in total. The number of nitrogens with two attached hydrogens (primary N) is 1. The van der Waals surface area contributed by atoms with Gasteiger partial charge in [0.25, 0.3) is 0 Å². The zero-order chi connectivity index (χ0) is 14.4. The van der Waals surface area contributed by atoms with E-state index >= 15 is 0 Å². The van der Waals surface area contributed by atoms with Crippen LogP contribution in [0.5, 0.6) is 5.75 Å². The van der Waals surface area contributed by atoms with E-state index in [1.54, 1.807) is 7.11 Å². The quantitative estimate of drug-likeness (QED) is 0.755. The van der Waals surface area contributed by atoms with Crippen molar-refractivity contribution in [1.82, 2.24) is 9.78 Å². The fourth-order valence-corrected chi connectivity index (χ4v) is 2.17. The van der Waals surface area contributed by atoms with Gasteiger partial charge in [0, 0.05) is 25.6 Å². The zero-order valence-electron chi connectivity index (χ0n) is 12.1. The summed E-state index contributed by atoms with van der Waals surface area (Å²) in [6, 6.07) is 8.06. The van der Waals surface area contributed by atoms with Crippen LogP contribution in [0.25, 0.3) is 0 Å². The highest BCUT2D eigenvalue weighted by Gasteiger charge is 2.11. The SMILES string of the molecule is COc1ccccc1Cc1c(NCCCN)cnn1C. The van der Waals surface area contributed by atoms with E-state index in [4.69, 9.17) is 10.5 Å². The molecule has 5 heteroatoms. The summed E-state index contributed by atoms with van der Waals surface area (Å²) in [4.78, 5) is 0. The smallest absolute Gasteiger partial charge is 0.122 e. The predicted octanol–water partition coefficient (Wildman–Crippen LogP) is 1.78. The van der Waals surface area contributed by atoms with Crippen molar-refractivity contribution in [2.75, 3.05) is 25.5 Å². The number of benzene rings is 1. The monoisotopic (exact) mass is 274 g/mol. The molecule has 0 spiro atoms. The van der Waals surface area contributed by atoms with Crippen molar-refractivity contribution in [3.63, 3.8) is 0 Å². The van der Waals surface area contributed by atoms with E-state index in [1.807, 2.05) is 36.1 Å². The molecule has 0 saturated carbocycles. The third-order valence-electron chi connectivity index (χ3n) is 3.31. The summed E-state index contributed by atoms with van der Waals surface area (Å²) in [6.07, 6.45) is 3.59. The molecule has 0 amide bonds. The maximum Gasteiger partial charge on any atom is 0.122 e. The van der Waals surface area contributed by atoms with Crippen molar-refractivity contribution < 1.29 is 4.74 Å². The number of rotatable bonds is 7. The molecule has 1 aromatic carbocycles. The summed E-state index contributed by atoms with van der Waals surface area (Å²) in [5.41, 5.74) is 8.88. The molecule has 0 atom stereocenters. The van der Waals surface area contributed by atoms with Crippen molar-refractivity contribution in [2.24, 2.45) is 12.8 Å². The lowest BCUT2D eigenvalue weighted by Gasteiger charge is -2.11. The third-order valence-corrected chi connectivity index (χ3v) is 3.31. The summed E-state index contributed by atoms with van der Waals surface area (Å²) in [7, 11) is 3.65. The van der Waals surface area contributed by atoms with E-state index in [1.165, 1.54) is 0 Å². The lowest BCUT2D eigenvalue weighted by molar-refractivity contribution is 0.410. The molecule has 0 radical (unpaired) electrons. The summed E-state index contributed by atoms with van der Waals surface area (Å²) in [5.74, 6) is 0.904. The van der Waals surface area contributed by atoms with Crippen molar-refractivity contribution in [3.8, 4) is 5.75 Å². The van der Waals surface area contributed by atoms with Crippen molar-refractivity contribution in [1.29, 1.82) is 0 Å². The van der Waals surface area contributed by atoms with Crippen LogP contribution in [0.3, 0.4) is 0 Å². The number of hydrogen-bond acceptors (Lipinski definition) is 4. The average Bonchev–Trinajstić information content (AvgIpc) is 2.81. The highest BCUT2D eigenvalue weighted by Crippen LogP contribution is 2.24. The van der Waals surface area contributed by atoms with Crippen molar-refractivity contribution in [3.05, 3.63) is 41.7 Å². The van der Waals surface area contributed by atoms with Gasteiger partial charge in [0.15, 0.2) is 0 Å². The van der Waals surface area contributed by atoms with Crippen LogP contribution in [0, 0.1) is 0 Å². The Morgan fingerprint density at radius 3 is 2.90 bits per heavy atom. The van der Waals surface area contributed by atoms with Gasteiger partial charge < -0.3 is 15.8 Å². The van der Waals surface area contributed by atoms with Gasteiger partial charge in [0.1, 0.15) is 5.75 Å². The minimum absolute atomic E-state index is 0.690. The lowest BCUT2D eigenvalue weighted by atomic mass is 10.1. The molecule has 0 bridgehead atoms. The number of ether oxygens (including phenoxy) is 1. The fraction of sp³-hybridized carbons (Fsp3) is 0.400. The second kappa shape index (κ2) is 6.96. The topological polar surface area (TPSA) is 65.1 Å². The van der Waals surface area contributed by atoms with Crippen LogP contribution in [-0.2, 0) is 13.5 Å². The largest absolute Gasteiger partial charge is 0.496 e. The minimum atomic E-state index is 0.690. The van der Waals surface area contributed by atoms with E-state index in [-0.39, 0.29) is 0 Å². The first kappa shape index (κ1) is 14.4. The molecule has 0 aliphatic heterocycles. The van der Waals surface area contributed by atoms with Crippen molar-refractivity contribution >= 4 is 5.69 Å². The highest BCUT2D eigenvalue weighted by molar-refractivity contribution is 5.50. The lowest BCUT2D eigenvalue weighted by Crippen LogP contribution is -2.10. The first-order valence-corrected chi connectivity index (χ1v) is 6.83. The molecule has 0 unspecified atom stereocenters. The number of para-hydroxylation sites is 1. The first-order valence-electron chi connectivity index (χ1n) is 6.83. The molecular formula is C15H22N4O. The predicted molar refractivity (Wildman–Crippen MR) is 81.2 cm³/mol. The molecule has 2 rings (SSSR count). The van der Waals surface area contributed by atoms with Crippen LogP contribution in [0.4, 0.5) is 5.69 Å². The number of methoxy groups -OCH3 is 1. The highest BCUT2D eigenvalue weighted by atomic mass is 16.5. The van der Waals surface area contributed by atoms with Crippen LogP contribution >= 0.6 is 0 Å². The third kappa shape index (κ3) is 3.30. The van der Waals surface area contributed by atoms with Gasteiger partial charge in [0.05, 0.1) is 24.7 Å². The van der Waals surface area contributed by atoms with Gasteiger partial charge in [-0.1, -0.05) is 18.2 Å². The van der Waals surface area contributed by atoms with E-state index in [2.05, 4.69) is 16.5 Å². The summed E-state index contributed by atoms with van der Waals surface area (Å²) in [6.45, 7) is 1.55. The van der Waals surface area contributed by atoms with Gasteiger partial charge in [-0.15, -0.1) is 0 Å². The second-order valence-corrected chi connectivity index (χ2v) is 4.69. The average molecular weight is 274 g/mol. The molecule has 20 heavy (non-hydrogen) atoms. The molecule has 1 heterocycles. The number of aryl methyl sites for hydroxylation is 1. The first-order chi connectivity index (χ1) is 9.76. The maximum atomic E-state index is 5.52. The van der Waals surface area contributed by atoms with Gasteiger partial charge in [-0.25, -0.2) is 0 Å². The Hall–Kier alpha value is -2.01. The molecule has 0 saturated heterocycles. The minimum Gasteiger partial charge on any atom is -0.496 e. The second-order valence-electron chi connectivity index (χ2n) is 4.69. The molecular weight excluding hydrogens is 252 g/mol. The Morgan fingerprint density at radius 1 is 1.35 bits per heavy atom. The van der Waals surface area contributed by atoms with E-state index < -0.39 is 0 Å². The van der Waals surface area contributed by atoms with Crippen LogP contribution in [0.15, 0.2) is 30.5 Å². The van der Waals surface area contributed by atoms with Gasteiger partial charge >= 0.3 is 0 Å². The van der Waals surface area contributed by atoms with Gasteiger partial charge in [-0.05, 0) is 19.0 Å². The molecule has 108 valence electrons. The molecule has 0 aliphatic rings. The van der Waals surface area contributed by atoms with Crippen LogP contribution in [0.2, 0.25) is 0 Å². The van der Waals surface area contributed by atoms with Gasteiger partial charge in [-0.2, -0.15) is 5.10 Å². The number of aromatic nitrogens is 2. The molecule has 0 fully saturated rings. The Labute approximate surface area is 119 Å². The zero-order valence-corrected chi connectivity index (χ0v) is 12.1. The van der Waals surface area contributed by atoms with Crippen molar-refractivity contribution in [2.45, 2.75) is 12.8 Å². The maximum absolute atomic E-state index is 5.52. The van der Waals surface area contributed by atoms with E-state index in [0.29, 0.717) is 6.54 Å². The van der Waals surface area contributed by atoms with E-state index in [9.17, 15) is 0 Å². The molecule has 3 N–H and O–H groups in total. The Morgan fingerprint density at radius 2 is 2.15 bits per heavy atom. The Kier molecular flexibility index (Phi) is 5.01. The van der Waals surface area contributed by atoms with Gasteiger partial charge in [-0.3, -0.25) is 4.68 Å². The molecule has 2 aromatic rings.